The van der Waals surface area contributed by atoms with E-state index in [0.717, 1.165) is 0 Å². The highest BCUT2D eigenvalue weighted by atomic mass is 35.5. The van der Waals surface area contributed by atoms with Crippen molar-refractivity contribution in [3.05, 3.63) is 0 Å². The second-order valence-electron chi connectivity index (χ2n) is 4.62. The number of rotatable bonds is 12. The lowest BCUT2D eigenvalue weighted by Crippen LogP contribution is -2.35. The highest BCUT2D eigenvalue weighted by Crippen LogP contribution is 1.93. The molecule has 0 saturated heterocycles. The quantitative estimate of drug-likeness (QED) is 0.311. The van der Waals surface area contributed by atoms with E-state index >= 15 is 0 Å². The van der Waals surface area contributed by atoms with Gasteiger partial charge < -0.3 is 10.6 Å². The minimum absolute atomic E-state index is 0.0751. The van der Waals surface area contributed by atoms with E-state index < -0.39 is 43.0 Å². The molecule has 0 radical (unpaired) electrons. The van der Waals surface area contributed by atoms with E-state index in [0.29, 0.717) is 6.42 Å². The molecule has 0 rings (SSSR count). The first-order valence-electron chi connectivity index (χ1n) is 6.68. The zero-order valence-corrected chi connectivity index (χ0v) is 15.5. The maximum absolute atomic E-state index is 11.4. The van der Waals surface area contributed by atoms with E-state index in [1.165, 1.54) is 0 Å². The Labute approximate surface area is 146 Å². The molecular weight excluding hydrogens is 391 g/mol. The Bertz CT molecular complexity index is 540. The zero-order chi connectivity index (χ0) is 17.9. The lowest BCUT2D eigenvalue weighted by molar-refractivity contribution is -0.119. The van der Waals surface area contributed by atoms with Gasteiger partial charge in [0.25, 0.3) is 0 Å². The van der Waals surface area contributed by atoms with Gasteiger partial charge in [0.15, 0.2) is 19.7 Å². The van der Waals surface area contributed by atoms with Crippen molar-refractivity contribution in [2.24, 2.45) is 0 Å². The van der Waals surface area contributed by atoms with E-state index in [2.05, 4.69) is 10.6 Å². The lowest BCUT2D eigenvalue weighted by atomic mass is 10.4. The van der Waals surface area contributed by atoms with Crippen LogP contribution in [0.5, 0.6) is 0 Å². The minimum atomic E-state index is -3.50. The summed E-state index contributed by atoms with van der Waals surface area (Å²) in [5, 5.41) is 4.78. The molecule has 0 fully saturated rings. The number of sulfone groups is 2. The summed E-state index contributed by atoms with van der Waals surface area (Å²) >= 11 is 10.6. The molecule has 8 nitrogen and oxygen atoms in total. The molecule has 0 aromatic rings. The first kappa shape index (κ1) is 22.4. The fourth-order valence-electron chi connectivity index (χ4n) is 1.42. The van der Waals surface area contributed by atoms with Crippen LogP contribution in [0.15, 0.2) is 0 Å². The number of nitrogens with one attached hydrogen (secondary N) is 2. The summed E-state index contributed by atoms with van der Waals surface area (Å²) in [4.78, 5) is 22.8. The van der Waals surface area contributed by atoms with E-state index in [4.69, 9.17) is 23.2 Å². The first-order valence-corrected chi connectivity index (χ1v) is 11.4. The van der Waals surface area contributed by atoms with Crippen LogP contribution in [0.1, 0.15) is 6.42 Å². The summed E-state index contributed by atoms with van der Waals surface area (Å²) in [7, 11) is -7.01. The minimum Gasteiger partial charge on any atom is -0.355 e. The Morgan fingerprint density at radius 1 is 0.739 bits per heavy atom. The van der Waals surface area contributed by atoms with Crippen LogP contribution in [0.4, 0.5) is 0 Å². The average molecular weight is 411 g/mol. The van der Waals surface area contributed by atoms with Crippen LogP contribution in [-0.4, -0.2) is 76.5 Å². The molecule has 0 atom stereocenters. The molecule has 0 saturated carbocycles. The van der Waals surface area contributed by atoms with Gasteiger partial charge in [-0.3, -0.25) is 9.59 Å². The van der Waals surface area contributed by atoms with Crippen molar-refractivity contribution in [2.75, 3.05) is 47.9 Å². The van der Waals surface area contributed by atoms with Crippen molar-refractivity contribution in [1.29, 1.82) is 0 Å². The van der Waals surface area contributed by atoms with Gasteiger partial charge in [0.1, 0.15) is 11.5 Å². The van der Waals surface area contributed by atoms with Gasteiger partial charge in [0.05, 0.1) is 11.5 Å². The highest BCUT2D eigenvalue weighted by molar-refractivity contribution is 7.92. The van der Waals surface area contributed by atoms with Crippen molar-refractivity contribution in [1.82, 2.24) is 10.6 Å². The Hall–Kier alpha value is -0.580. The number of hydrogen-bond donors (Lipinski definition) is 2. The third-order valence-electron chi connectivity index (χ3n) is 2.48. The van der Waals surface area contributed by atoms with Gasteiger partial charge in [-0.25, -0.2) is 16.8 Å². The molecular formula is C11H20Cl2N2O6S2. The fourth-order valence-corrected chi connectivity index (χ4v) is 4.60. The molecule has 2 amide bonds. The molecule has 0 spiro atoms. The highest BCUT2D eigenvalue weighted by Gasteiger charge is 2.16. The molecule has 12 heteroatoms. The molecule has 0 aromatic carbocycles. The van der Waals surface area contributed by atoms with Crippen molar-refractivity contribution >= 4 is 54.7 Å². The van der Waals surface area contributed by atoms with Crippen molar-refractivity contribution < 1.29 is 26.4 Å². The standard InChI is InChI=1S/C11H20Cl2N2O6S2/c12-2-6-22(18,19)8-10(16)14-4-1-5-15-11(17)9-23(20,21)7-3-13/h1-9H2,(H,14,16)(H,15,17). The summed E-state index contributed by atoms with van der Waals surface area (Å²) in [5.41, 5.74) is 0. The number of halogens is 2. The van der Waals surface area contributed by atoms with Crippen molar-refractivity contribution in [3.63, 3.8) is 0 Å². The number of amides is 2. The maximum Gasteiger partial charge on any atom is 0.235 e. The second kappa shape index (κ2) is 11.1. The van der Waals surface area contributed by atoms with Crippen LogP contribution in [-0.2, 0) is 29.3 Å². The molecule has 0 aliphatic rings. The van der Waals surface area contributed by atoms with E-state index in [1.807, 2.05) is 0 Å². The Balaban J connectivity index is 3.89. The third-order valence-corrected chi connectivity index (χ3v) is 6.36. The lowest BCUT2D eigenvalue weighted by Gasteiger charge is -2.07. The number of carbonyl (C=O) groups excluding carboxylic acids is 2. The average Bonchev–Trinajstić information content (AvgIpc) is 2.36. The molecule has 0 bridgehead atoms. The summed E-state index contributed by atoms with van der Waals surface area (Å²) in [6, 6.07) is 0. The van der Waals surface area contributed by atoms with Gasteiger partial charge in [0.2, 0.25) is 11.8 Å². The summed E-state index contributed by atoms with van der Waals surface area (Å²) in [6.07, 6.45) is 0.336. The van der Waals surface area contributed by atoms with Gasteiger partial charge in [-0.2, -0.15) is 0 Å². The molecule has 23 heavy (non-hydrogen) atoms. The van der Waals surface area contributed by atoms with E-state index in [9.17, 15) is 26.4 Å². The van der Waals surface area contributed by atoms with Gasteiger partial charge in [-0.1, -0.05) is 0 Å². The number of carbonyl (C=O) groups is 2. The Morgan fingerprint density at radius 2 is 1.09 bits per heavy atom. The summed E-state index contributed by atoms with van der Waals surface area (Å²) < 4.78 is 45.3. The van der Waals surface area contributed by atoms with Crippen molar-refractivity contribution in [2.45, 2.75) is 6.42 Å². The Morgan fingerprint density at radius 3 is 1.39 bits per heavy atom. The number of hydrogen-bond acceptors (Lipinski definition) is 6. The van der Waals surface area contributed by atoms with Crippen LogP contribution in [0.25, 0.3) is 0 Å². The van der Waals surface area contributed by atoms with Gasteiger partial charge >= 0.3 is 0 Å². The van der Waals surface area contributed by atoms with Crippen LogP contribution < -0.4 is 10.6 Å². The normalized spacial score (nSPS) is 11.9. The molecule has 136 valence electrons. The SMILES string of the molecule is O=C(CS(=O)(=O)CCCl)NCCCNC(=O)CS(=O)(=O)CCCl. The van der Waals surface area contributed by atoms with E-state index in [1.54, 1.807) is 0 Å². The van der Waals surface area contributed by atoms with Gasteiger partial charge in [-0.05, 0) is 6.42 Å². The van der Waals surface area contributed by atoms with Crippen LogP contribution in [0.3, 0.4) is 0 Å². The van der Waals surface area contributed by atoms with E-state index in [-0.39, 0.29) is 36.4 Å². The molecule has 0 heterocycles. The van der Waals surface area contributed by atoms with Gasteiger partial charge in [-0.15, -0.1) is 23.2 Å². The molecule has 0 unspecified atom stereocenters. The van der Waals surface area contributed by atoms with Gasteiger partial charge in [0, 0.05) is 24.8 Å². The fraction of sp³-hybridized carbons (Fsp3) is 0.818. The van der Waals surface area contributed by atoms with Crippen LogP contribution in [0.2, 0.25) is 0 Å². The predicted octanol–water partition coefficient (Wildman–Crippen LogP) is -1.08. The number of alkyl halides is 2. The zero-order valence-electron chi connectivity index (χ0n) is 12.4. The predicted molar refractivity (Wildman–Crippen MR) is 89.4 cm³/mol. The molecule has 0 aliphatic carbocycles. The molecule has 0 aromatic heterocycles. The smallest absolute Gasteiger partial charge is 0.235 e. The summed E-state index contributed by atoms with van der Waals surface area (Å²) in [6.45, 7) is 0.313. The second-order valence-corrected chi connectivity index (χ2v) is 9.74. The van der Waals surface area contributed by atoms with Crippen LogP contribution in [0, 0.1) is 0 Å². The third kappa shape index (κ3) is 12.5. The largest absolute Gasteiger partial charge is 0.355 e. The van der Waals surface area contributed by atoms with Crippen molar-refractivity contribution in [3.8, 4) is 0 Å². The Kier molecular flexibility index (Phi) is 10.8. The first-order chi connectivity index (χ1) is 10.6. The molecule has 0 aliphatic heterocycles. The molecule has 2 N–H and O–H groups in total. The maximum atomic E-state index is 11.4. The monoisotopic (exact) mass is 410 g/mol. The van der Waals surface area contributed by atoms with Crippen LogP contribution >= 0.6 is 23.2 Å². The topological polar surface area (TPSA) is 126 Å². The summed E-state index contributed by atoms with van der Waals surface area (Å²) in [5.74, 6) is -3.25.